The second kappa shape index (κ2) is 7.85. The van der Waals surface area contributed by atoms with Crippen molar-refractivity contribution >= 4 is 22.6 Å². The fraction of sp³-hybridized carbons (Fsp3) is 0.238. The first-order chi connectivity index (χ1) is 15.8. The Morgan fingerprint density at radius 3 is 2.41 bits per heavy atom. The number of carbonyl (C=O) groups excluding carboxylic acids is 1. The Labute approximate surface area is 187 Å². The minimum atomic E-state index is -4.68. The van der Waals surface area contributed by atoms with Gasteiger partial charge in [0, 0.05) is 12.7 Å². The normalized spacial score (nSPS) is 14.2. The number of alkyl halides is 6. The molecule has 178 valence electrons. The lowest BCUT2D eigenvalue weighted by Gasteiger charge is -2.29. The first-order valence-corrected chi connectivity index (χ1v) is 9.71. The number of H-pyrrole nitrogens is 1. The number of hydrogen-bond acceptors (Lipinski definition) is 4. The van der Waals surface area contributed by atoms with Crippen molar-refractivity contribution in [2.45, 2.75) is 24.7 Å². The van der Waals surface area contributed by atoms with Crippen LogP contribution in [0.5, 0.6) is 0 Å². The van der Waals surface area contributed by atoms with Crippen molar-refractivity contribution < 1.29 is 31.1 Å². The summed E-state index contributed by atoms with van der Waals surface area (Å²) in [6.45, 7) is 0.667. The van der Waals surface area contributed by atoms with Gasteiger partial charge in [-0.05, 0) is 36.8 Å². The third-order valence-corrected chi connectivity index (χ3v) is 5.28. The van der Waals surface area contributed by atoms with Crippen molar-refractivity contribution in [3.05, 3.63) is 71.6 Å². The number of para-hydroxylation sites is 1. The molecule has 0 bridgehead atoms. The minimum absolute atomic E-state index is 0.0200. The van der Waals surface area contributed by atoms with Crippen LogP contribution in [-0.4, -0.2) is 30.6 Å². The van der Waals surface area contributed by atoms with Gasteiger partial charge in [0.15, 0.2) is 5.82 Å². The van der Waals surface area contributed by atoms with E-state index in [-0.39, 0.29) is 11.2 Å². The molecule has 0 aliphatic carbocycles. The van der Waals surface area contributed by atoms with Crippen molar-refractivity contribution in [3.63, 3.8) is 0 Å². The molecule has 7 nitrogen and oxygen atoms in total. The number of aromatic nitrogens is 5. The molecular weight excluding hydrogens is 466 g/mol. The highest BCUT2D eigenvalue weighted by Crippen LogP contribution is 2.47. The first-order valence-electron chi connectivity index (χ1n) is 9.71. The van der Waals surface area contributed by atoms with Crippen LogP contribution in [0, 0.1) is 0 Å². The highest BCUT2D eigenvalue weighted by molar-refractivity contribution is 6.03. The van der Waals surface area contributed by atoms with Crippen LogP contribution in [0.1, 0.15) is 34.5 Å². The number of benzene rings is 2. The fourth-order valence-electron chi connectivity index (χ4n) is 3.41. The zero-order valence-corrected chi connectivity index (χ0v) is 17.6. The molecule has 2 aromatic heterocycles. The van der Waals surface area contributed by atoms with Gasteiger partial charge in [-0.3, -0.25) is 4.79 Å². The number of anilines is 1. The van der Waals surface area contributed by atoms with E-state index in [1.165, 1.54) is 25.2 Å². The number of halogens is 6. The van der Waals surface area contributed by atoms with Gasteiger partial charge < -0.3 is 14.9 Å². The number of nitrogens with zero attached hydrogens (tertiary/aromatic N) is 4. The molecule has 2 heterocycles. The topological polar surface area (TPSA) is 88.5 Å². The Balaban J connectivity index is 1.63. The van der Waals surface area contributed by atoms with Crippen LogP contribution >= 0.6 is 0 Å². The third-order valence-electron chi connectivity index (χ3n) is 5.28. The van der Waals surface area contributed by atoms with Crippen molar-refractivity contribution in [1.82, 2.24) is 24.7 Å². The standard InChI is InChI=1S/C21H16F6N6O/c1-19(22,20(23,24)18-32-28-10-33(18)2)11-5-3-6-12(9-11)29-17(34)16-30-14-8-4-7-13(15(14)31-16)21(25,26)27/h3-10H,1-2H3,(H,29,34)(H,30,31)/t19-/m1/s1. The highest BCUT2D eigenvalue weighted by Gasteiger charge is 2.56. The summed E-state index contributed by atoms with van der Waals surface area (Å²) in [6, 6.07) is 7.96. The number of aromatic amines is 1. The molecule has 0 saturated heterocycles. The van der Waals surface area contributed by atoms with Crippen molar-refractivity contribution in [2.24, 2.45) is 7.05 Å². The summed E-state index contributed by atoms with van der Waals surface area (Å²) >= 11 is 0. The second-order valence-corrected chi connectivity index (χ2v) is 7.66. The molecule has 1 amide bonds. The van der Waals surface area contributed by atoms with E-state index >= 15 is 4.39 Å². The molecule has 1 atom stereocenters. The van der Waals surface area contributed by atoms with E-state index in [0.29, 0.717) is 6.92 Å². The van der Waals surface area contributed by atoms with Crippen LogP contribution in [0.3, 0.4) is 0 Å². The van der Waals surface area contributed by atoms with Gasteiger partial charge in [-0.25, -0.2) is 9.37 Å². The summed E-state index contributed by atoms with van der Waals surface area (Å²) < 4.78 is 85.7. The minimum Gasteiger partial charge on any atom is -0.334 e. The van der Waals surface area contributed by atoms with Crippen LogP contribution in [0.2, 0.25) is 0 Å². The number of aryl methyl sites for hydroxylation is 1. The molecule has 4 rings (SSSR count). The molecule has 34 heavy (non-hydrogen) atoms. The Hall–Kier alpha value is -3.90. The fourth-order valence-corrected chi connectivity index (χ4v) is 3.41. The lowest BCUT2D eigenvalue weighted by atomic mass is 9.90. The third kappa shape index (κ3) is 3.86. The predicted molar refractivity (Wildman–Crippen MR) is 109 cm³/mol. The van der Waals surface area contributed by atoms with Gasteiger partial charge in [-0.2, -0.15) is 22.0 Å². The van der Waals surface area contributed by atoms with Gasteiger partial charge in [0.05, 0.1) is 11.1 Å². The molecule has 0 fully saturated rings. The molecule has 2 N–H and O–H groups in total. The average Bonchev–Trinajstić information content (AvgIpc) is 3.39. The number of carbonyl (C=O) groups is 1. The lowest BCUT2D eigenvalue weighted by molar-refractivity contribution is -0.149. The predicted octanol–water partition coefficient (Wildman–Crippen LogP) is 4.94. The van der Waals surface area contributed by atoms with Crippen molar-refractivity contribution in [1.29, 1.82) is 0 Å². The average molecular weight is 482 g/mol. The van der Waals surface area contributed by atoms with Gasteiger partial charge in [-0.1, -0.05) is 18.2 Å². The maximum absolute atomic E-state index is 15.4. The van der Waals surface area contributed by atoms with E-state index in [1.807, 2.05) is 0 Å². The highest BCUT2D eigenvalue weighted by atomic mass is 19.4. The van der Waals surface area contributed by atoms with Gasteiger partial charge in [0.1, 0.15) is 11.8 Å². The van der Waals surface area contributed by atoms with E-state index in [1.54, 1.807) is 0 Å². The maximum atomic E-state index is 15.4. The molecule has 2 aromatic carbocycles. The molecule has 13 heteroatoms. The molecule has 0 radical (unpaired) electrons. The van der Waals surface area contributed by atoms with Crippen molar-refractivity contribution in [3.8, 4) is 0 Å². The summed E-state index contributed by atoms with van der Waals surface area (Å²) in [7, 11) is 1.24. The summed E-state index contributed by atoms with van der Waals surface area (Å²) in [5.41, 5.74) is -5.28. The smallest absolute Gasteiger partial charge is 0.334 e. The van der Waals surface area contributed by atoms with Crippen LogP contribution < -0.4 is 5.32 Å². The Morgan fingerprint density at radius 2 is 1.76 bits per heavy atom. The lowest BCUT2D eigenvalue weighted by Crippen LogP contribution is -2.39. The molecular formula is C21H16F6N6O. The summed E-state index contributed by atoms with van der Waals surface area (Å²) in [4.78, 5) is 18.8. The number of hydrogen-bond donors (Lipinski definition) is 2. The van der Waals surface area contributed by atoms with E-state index in [2.05, 4.69) is 25.5 Å². The van der Waals surface area contributed by atoms with Gasteiger partial charge >= 0.3 is 12.1 Å². The number of fused-ring (bicyclic) bond motifs is 1. The SMILES string of the molecule is Cn1cnnc1C(F)(F)[C@](C)(F)c1cccc(NC(=O)c2nc3c(C(F)(F)F)cccc3[nH]2)c1. The van der Waals surface area contributed by atoms with Gasteiger partial charge in [-0.15, -0.1) is 10.2 Å². The van der Waals surface area contributed by atoms with Crippen LogP contribution in [0.4, 0.5) is 32.0 Å². The van der Waals surface area contributed by atoms with Crippen LogP contribution in [0.25, 0.3) is 11.0 Å². The number of nitrogens with one attached hydrogen (secondary N) is 2. The largest absolute Gasteiger partial charge is 0.418 e. The van der Waals surface area contributed by atoms with Gasteiger partial charge in [0.2, 0.25) is 11.5 Å². The Bertz CT molecular complexity index is 1370. The molecule has 0 spiro atoms. The molecule has 0 unspecified atom stereocenters. The maximum Gasteiger partial charge on any atom is 0.418 e. The summed E-state index contributed by atoms with van der Waals surface area (Å²) in [5.74, 6) is -6.35. The summed E-state index contributed by atoms with van der Waals surface area (Å²) in [5, 5.41) is 8.98. The number of imidazole rings is 1. The second-order valence-electron chi connectivity index (χ2n) is 7.66. The van der Waals surface area contributed by atoms with Crippen molar-refractivity contribution in [2.75, 3.05) is 5.32 Å². The van der Waals surface area contributed by atoms with E-state index in [4.69, 9.17) is 0 Å². The van der Waals surface area contributed by atoms with E-state index < -0.39 is 52.0 Å². The molecule has 0 aliphatic heterocycles. The molecule has 0 aliphatic rings. The zero-order chi connectivity index (χ0) is 24.9. The van der Waals surface area contributed by atoms with Gasteiger partial charge in [0.25, 0.3) is 5.91 Å². The van der Waals surface area contributed by atoms with Crippen LogP contribution in [-0.2, 0) is 24.8 Å². The Kier molecular flexibility index (Phi) is 5.37. The number of rotatable bonds is 5. The summed E-state index contributed by atoms with van der Waals surface area (Å²) in [6.07, 6.45) is -3.68. The van der Waals surface area contributed by atoms with E-state index in [9.17, 15) is 26.7 Å². The first kappa shape index (κ1) is 23.3. The monoisotopic (exact) mass is 482 g/mol. The number of amides is 1. The quantitative estimate of drug-likeness (QED) is 0.395. The molecule has 4 aromatic rings. The Morgan fingerprint density at radius 1 is 1.06 bits per heavy atom. The van der Waals surface area contributed by atoms with Crippen LogP contribution in [0.15, 0.2) is 48.8 Å². The molecule has 0 saturated carbocycles. The zero-order valence-electron chi connectivity index (χ0n) is 17.6. The van der Waals surface area contributed by atoms with E-state index in [0.717, 1.165) is 35.2 Å².